The number of benzene rings is 2. The van der Waals surface area contributed by atoms with E-state index in [4.69, 9.17) is 9.47 Å². The number of fused-ring (bicyclic) bond motifs is 2. The molecule has 3 amide bonds. The van der Waals surface area contributed by atoms with Gasteiger partial charge in [0.25, 0.3) is 11.8 Å². The molecule has 1 saturated heterocycles. The first-order valence-corrected chi connectivity index (χ1v) is 10.4. The van der Waals surface area contributed by atoms with Crippen LogP contribution in [0.15, 0.2) is 52.8 Å². The quantitative estimate of drug-likeness (QED) is 0.719. The van der Waals surface area contributed by atoms with Crippen molar-refractivity contribution in [1.82, 2.24) is 5.01 Å². The number of ether oxygens (including phenoxy) is 2. The van der Waals surface area contributed by atoms with Crippen molar-refractivity contribution in [3.8, 4) is 11.5 Å². The highest BCUT2D eigenvalue weighted by atomic mass is 16.6. The molecule has 0 bridgehead atoms. The second kappa shape index (κ2) is 7.95. The van der Waals surface area contributed by atoms with E-state index in [1.165, 1.54) is 5.01 Å². The zero-order chi connectivity index (χ0) is 22.2. The molecule has 5 rings (SSSR count). The standard InChI is InChI=1S/C22H21N5O5/c1-2-13-3-6-15(7-4-13)27-21(29)19-20(22(27)30)26(25-24-19)12-18(28)23-14-5-8-16-17(11-14)32-10-9-31-16/h3-8,11,19-20H,2,9-10,12H2,1H3,(H,23,28)/t19-,20+/m0/s1. The first-order valence-electron chi connectivity index (χ1n) is 10.4. The molecule has 32 heavy (non-hydrogen) atoms. The average Bonchev–Trinajstić information content (AvgIpc) is 3.33. The molecule has 0 saturated carbocycles. The number of anilines is 2. The first kappa shape index (κ1) is 20.0. The highest BCUT2D eigenvalue weighted by Gasteiger charge is 2.55. The number of hydrogen-bond acceptors (Lipinski definition) is 8. The van der Waals surface area contributed by atoms with Crippen LogP contribution < -0.4 is 19.7 Å². The molecule has 10 heteroatoms. The van der Waals surface area contributed by atoms with Crippen molar-refractivity contribution in [2.45, 2.75) is 25.4 Å². The highest BCUT2D eigenvalue weighted by Crippen LogP contribution is 2.34. The molecular formula is C22H21N5O5. The Morgan fingerprint density at radius 2 is 1.81 bits per heavy atom. The number of nitrogens with zero attached hydrogens (tertiary/aromatic N) is 4. The van der Waals surface area contributed by atoms with Crippen LogP contribution in [0.3, 0.4) is 0 Å². The Morgan fingerprint density at radius 3 is 2.56 bits per heavy atom. The molecule has 0 spiro atoms. The lowest BCUT2D eigenvalue weighted by atomic mass is 10.1. The van der Waals surface area contributed by atoms with Gasteiger partial charge in [0.1, 0.15) is 19.8 Å². The summed E-state index contributed by atoms with van der Waals surface area (Å²) in [4.78, 5) is 39.6. The van der Waals surface area contributed by atoms with E-state index in [2.05, 4.69) is 15.7 Å². The maximum absolute atomic E-state index is 13.0. The van der Waals surface area contributed by atoms with Gasteiger partial charge in [0.05, 0.1) is 5.69 Å². The number of amides is 3. The summed E-state index contributed by atoms with van der Waals surface area (Å²) in [5.74, 6) is -0.111. The molecule has 0 aromatic heterocycles. The number of rotatable bonds is 5. The lowest BCUT2D eigenvalue weighted by molar-refractivity contribution is -0.123. The van der Waals surface area contributed by atoms with Crippen molar-refractivity contribution < 1.29 is 23.9 Å². The maximum atomic E-state index is 13.0. The van der Waals surface area contributed by atoms with E-state index >= 15 is 0 Å². The number of hydrogen-bond donors (Lipinski definition) is 1. The number of imide groups is 1. The van der Waals surface area contributed by atoms with Crippen LogP contribution in [0.2, 0.25) is 0 Å². The second-order valence-corrected chi connectivity index (χ2v) is 7.63. The molecule has 2 aromatic rings. The normalized spacial score (nSPS) is 21.2. The molecule has 164 valence electrons. The third-order valence-electron chi connectivity index (χ3n) is 5.59. The minimum absolute atomic E-state index is 0.221. The van der Waals surface area contributed by atoms with Crippen molar-refractivity contribution in [1.29, 1.82) is 0 Å². The van der Waals surface area contributed by atoms with Crippen LogP contribution in [0.5, 0.6) is 11.5 Å². The largest absolute Gasteiger partial charge is 0.486 e. The van der Waals surface area contributed by atoms with Crippen LogP contribution >= 0.6 is 0 Å². The van der Waals surface area contributed by atoms with Gasteiger partial charge in [-0.1, -0.05) is 24.3 Å². The minimum atomic E-state index is -0.949. The van der Waals surface area contributed by atoms with Gasteiger partial charge in [0.15, 0.2) is 23.6 Å². The Bertz CT molecular complexity index is 1120. The van der Waals surface area contributed by atoms with Gasteiger partial charge in [-0.25, -0.2) is 4.90 Å². The van der Waals surface area contributed by atoms with E-state index in [-0.39, 0.29) is 6.54 Å². The van der Waals surface area contributed by atoms with Crippen molar-refractivity contribution in [2.75, 3.05) is 30.0 Å². The summed E-state index contributed by atoms with van der Waals surface area (Å²) in [5, 5.41) is 11.9. The molecule has 1 fully saturated rings. The summed E-state index contributed by atoms with van der Waals surface area (Å²) in [5.41, 5.74) is 2.12. The molecule has 3 aliphatic rings. The summed E-state index contributed by atoms with van der Waals surface area (Å²) < 4.78 is 11.0. The Morgan fingerprint density at radius 1 is 1.06 bits per heavy atom. The van der Waals surface area contributed by atoms with E-state index < -0.39 is 29.8 Å². The molecule has 2 atom stereocenters. The van der Waals surface area contributed by atoms with Crippen LogP contribution in [0.1, 0.15) is 12.5 Å². The number of carbonyl (C=O) groups is 3. The second-order valence-electron chi connectivity index (χ2n) is 7.63. The SMILES string of the molecule is CCc1ccc(N2C(=O)[C@H]3N=NN(CC(=O)Nc4ccc5c(c4)OCCO5)[C@H]3C2=O)cc1. The molecule has 10 nitrogen and oxygen atoms in total. The van der Waals surface area contributed by atoms with Crippen LogP contribution in [0.25, 0.3) is 0 Å². The fourth-order valence-corrected chi connectivity index (χ4v) is 3.96. The van der Waals surface area contributed by atoms with Gasteiger partial charge in [0.2, 0.25) is 5.91 Å². The molecular weight excluding hydrogens is 414 g/mol. The van der Waals surface area contributed by atoms with Gasteiger partial charge in [-0.05, 0) is 36.2 Å². The van der Waals surface area contributed by atoms with E-state index in [9.17, 15) is 14.4 Å². The topological polar surface area (TPSA) is 113 Å². The summed E-state index contributed by atoms with van der Waals surface area (Å²) >= 11 is 0. The molecule has 0 aliphatic carbocycles. The van der Waals surface area contributed by atoms with E-state index in [0.717, 1.165) is 16.9 Å². The predicted octanol–water partition coefficient (Wildman–Crippen LogP) is 1.95. The summed E-state index contributed by atoms with van der Waals surface area (Å²) in [6.45, 7) is 2.73. The molecule has 3 heterocycles. The van der Waals surface area contributed by atoms with Gasteiger partial charge in [-0.15, -0.1) is 0 Å². The smallest absolute Gasteiger partial charge is 0.263 e. The van der Waals surface area contributed by atoms with E-state index in [1.807, 2.05) is 19.1 Å². The summed E-state index contributed by atoms with van der Waals surface area (Å²) in [6.07, 6.45) is 0.855. The van der Waals surface area contributed by atoms with Crippen LogP contribution in [0, 0.1) is 0 Å². The molecule has 1 N–H and O–H groups in total. The minimum Gasteiger partial charge on any atom is -0.486 e. The zero-order valence-corrected chi connectivity index (χ0v) is 17.4. The lowest BCUT2D eigenvalue weighted by Crippen LogP contribution is -2.43. The fourth-order valence-electron chi connectivity index (χ4n) is 3.96. The number of aryl methyl sites for hydroxylation is 1. The lowest BCUT2D eigenvalue weighted by Gasteiger charge is -2.21. The monoisotopic (exact) mass is 435 g/mol. The zero-order valence-electron chi connectivity index (χ0n) is 17.4. The number of carbonyl (C=O) groups excluding carboxylic acids is 3. The van der Waals surface area contributed by atoms with Gasteiger partial charge >= 0.3 is 0 Å². The van der Waals surface area contributed by atoms with E-state index in [0.29, 0.717) is 36.1 Å². The highest BCUT2D eigenvalue weighted by molar-refractivity contribution is 6.25. The van der Waals surface area contributed by atoms with Crippen LogP contribution in [-0.4, -0.2) is 54.6 Å². The van der Waals surface area contributed by atoms with Gasteiger partial charge in [0, 0.05) is 11.8 Å². The van der Waals surface area contributed by atoms with Crippen molar-refractivity contribution in [2.24, 2.45) is 10.3 Å². The first-order chi connectivity index (χ1) is 15.5. The van der Waals surface area contributed by atoms with Crippen molar-refractivity contribution >= 4 is 29.1 Å². The third kappa shape index (κ3) is 3.43. The van der Waals surface area contributed by atoms with Gasteiger partial charge in [-0.3, -0.25) is 19.4 Å². The van der Waals surface area contributed by atoms with E-state index in [1.54, 1.807) is 30.3 Å². The molecule has 0 unspecified atom stereocenters. The Kier molecular flexibility index (Phi) is 4.96. The molecule has 0 radical (unpaired) electrons. The maximum Gasteiger partial charge on any atom is 0.263 e. The predicted molar refractivity (Wildman–Crippen MR) is 114 cm³/mol. The van der Waals surface area contributed by atoms with Crippen molar-refractivity contribution in [3.63, 3.8) is 0 Å². The van der Waals surface area contributed by atoms with Gasteiger partial charge in [-0.2, -0.15) is 5.11 Å². The van der Waals surface area contributed by atoms with Crippen molar-refractivity contribution in [3.05, 3.63) is 48.0 Å². The molecule has 2 aromatic carbocycles. The summed E-state index contributed by atoms with van der Waals surface area (Å²) in [6, 6.07) is 10.5. The average molecular weight is 435 g/mol. The summed E-state index contributed by atoms with van der Waals surface area (Å²) in [7, 11) is 0. The molecule has 3 aliphatic heterocycles. The fraction of sp³-hybridized carbons (Fsp3) is 0.318. The van der Waals surface area contributed by atoms with Crippen LogP contribution in [-0.2, 0) is 20.8 Å². The Labute approximate surface area is 183 Å². The third-order valence-corrected chi connectivity index (χ3v) is 5.59. The number of nitrogens with one attached hydrogen (secondary N) is 1. The Hall–Kier alpha value is -3.95. The van der Waals surface area contributed by atoms with Crippen LogP contribution in [0.4, 0.5) is 11.4 Å². The Balaban J connectivity index is 1.27. The van der Waals surface area contributed by atoms with Gasteiger partial charge < -0.3 is 14.8 Å².